The summed E-state index contributed by atoms with van der Waals surface area (Å²) in [5.41, 5.74) is -4.26. The molecule has 0 aromatic carbocycles. The monoisotopic (exact) mass is 418 g/mol. The number of ketones is 2. The van der Waals surface area contributed by atoms with Crippen LogP contribution in [-0.4, -0.2) is 39.5 Å². The minimum Gasteiger partial charge on any atom is -0.481 e. The number of aliphatic hydroxyl groups excluding tert-OH is 1. The van der Waals surface area contributed by atoms with Crippen LogP contribution in [0.25, 0.3) is 0 Å². The van der Waals surface area contributed by atoms with E-state index in [4.69, 9.17) is 0 Å². The third-order valence-electron chi connectivity index (χ3n) is 9.56. The highest BCUT2D eigenvalue weighted by Crippen LogP contribution is 2.73. The molecule has 6 heteroatoms. The molecule has 4 aliphatic rings. The van der Waals surface area contributed by atoms with Crippen LogP contribution in [-0.2, 0) is 14.4 Å². The molecule has 0 aromatic heterocycles. The number of Topliss-reactive ketones (excluding diaryl/α,β-unsaturated/α-hetero) is 1. The summed E-state index contributed by atoms with van der Waals surface area (Å²) in [6.07, 6.45) is 4.47. The Labute approximate surface area is 176 Å². The first-order chi connectivity index (χ1) is 13.8. The molecule has 0 radical (unpaired) electrons. The van der Waals surface area contributed by atoms with Crippen molar-refractivity contribution < 1.29 is 29.0 Å². The van der Waals surface area contributed by atoms with Gasteiger partial charge in [-0.3, -0.25) is 14.4 Å². The molecule has 0 bridgehead atoms. The molecule has 5 nitrogen and oxygen atoms in total. The lowest BCUT2D eigenvalue weighted by Crippen LogP contribution is -2.68. The summed E-state index contributed by atoms with van der Waals surface area (Å²) in [4.78, 5) is 36.6. The summed E-state index contributed by atoms with van der Waals surface area (Å²) < 4.78 is 17.1. The molecule has 2 unspecified atom stereocenters. The number of rotatable bonds is 3. The highest BCUT2D eigenvalue weighted by atomic mass is 19.1. The molecule has 3 fully saturated rings. The van der Waals surface area contributed by atoms with Crippen molar-refractivity contribution >= 4 is 17.5 Å². The molecular weight excluding hydrogens is 387 g/mol. The van der Waals surface area contributed by atoms with Crippen molar-refractivity contribution in [3.8, 4) is 0 Å². The number of alkyl halides is 1. The maximum atomic E-state index is 17.1. The summed E-state index contributed by atoms with van der Waals surface area (Å²) in [5, 5.41) is 20.9. The number of aliphatic carboxylic acids is 1. The second kappa shape index (κ2) is 6.35. The Morgan fingerprint density at radius 2 is 1.93 bits per heavy atom. The Hall–Kier alpha value is -1.82. The van der Waals surface area contributed by atoms with Crippen LogP contribution in [0.2, 0.25) is 0 Å². The number of carbonyl (C=O) groups excluding carboxylic acids is 2. The normalized spacial score (nSPS) is 49.7. The lowest BCUT2D eigenvalue weighted by Gasteiger charge is -2.63. The third-order valence-corrected chi connectivity index (χ3v) is 9.56. The maximum Gasteiger partial charge on any atom is 0.304 e. The third kappa shape index (κ3) is 2.29. The van der Waals surface area contributed by atoms with Crippen molar-refractivity contribution in [3.05, 3.63) is 23.8 Å². The average molecular weight is 419 g/mol. The predicted octanol–water partition coefficient (Wildman–Crippen LogP) is 3.65. The lowest BCUT2D eigenvalue weighted by molar-refractivity contribution is -0.208. The van der Waals surface area contributed by atoms with Gasteiger partial charge in [0.2, 0.25) is 0 Å². The number of fused-ring (bicyclic) bond motifs is 5. The number of carbonyl (C=O) groups is 3. The molecule has 0 amide bonds. The fourth-order valence-electron chi connectivity index (χ4n) is 8.14. The van der Waals surface area contributed by atoms with E-state index in [9.17, 15) is 24.6 Å². The van der Waals surface area contributed by atoms with Gasteiger partial charge in [0.1, 0.15) is 5.78 Å². The van der Waals surface area contributed by atoms with E-state index in [1.807, 2.05) is 13.8 Å². The largest absolute Gasteiger partial charge is 0.481 e. The van der Waals surface area contributed by atoms with Gasteiger partial charge in [-0.15, -0.1) is 0 Å². The predicted molar refractivity (Wildman–Crippen MR) is 108 cm³/mol. The van der Waals surface area contributed by atoms with Crippen LogP contribution in [0.3, 0.4) is 0 Å². The first-order valence-electron chi connectivity index (χ1n) is 10.9. The van der Waals surface area contributed by atoms with Gasteiger partial charge in [0.05, 0.1) is 12.5 Å². The van der Waals surface area contributed by atoms with E-state index in [-0.39, 0.29) is 36.2 Å². The van der Waals surface area contributed by atoms with Gasteiger partial charge in [0.25, 0.3) is 0 Å². The van der Waals surface area contributed by atoms with E-state index in [2.05, 4.69) is 0 Å². The van der Waals surface area contributed by atoms with Gasteiger partial charge in [0, 0.05) is 16.7 Å². The van der Waals surface area contributed by atoms with Crippen LogP contribution in [0.1, 0.15) is 59.8 Å². The highest BCUT2D eigenvalue weighted by Gasteiger charge is 2.75. The molecular formula is C24H31FO5. The van der Waals surface area contributed by atoms with E-state index >= 15 is 4.39 Å². The Balaban J connectivity index is 1.86. The highest BCUT2D eigenvalue weighted by molar-refractivity contribution is 6.01. The second-order valence-corrected chi connectivity index (χ2v) is 10.5. The molecule has 0 saturated heterocycles. The first kappa shape index (κ1) is 21.4. The Morgan fingerprint density at radius 1 is 1.27 bits per heavy atom. The lowest BCUT2D eigenvalue weighted by atomic mass is 9.43. The zero-order valence-electron chi connectivity index (χ0n) is 18.1. The number of hydrogen-bond donors (Lipinski definition) is 2. The number of halogens is 1. The summed E-state index contributed by atoms with van der Waals surface area (Å²) in [6, 6.07) is 0. The SMILES string of the molecule is CC(=O)[C@@]1(CC(=O)O)C(C)C[C@H]2[C@@H]3CCC4=CC(=O)C=C[C@]4(C)[C@@]3(F)C(O)C[C@@]21C. The zero-order chi connectivity index (χ0) is 22.3. The van der Waals surface area contributed by atoms with Crippen LogP contribution >= 0.6 is 0 Å². The van der Waals surface area contributed by atoms with E-state index < -0.39 is 39.9 Å². The van der Waals surface area contributed by atoms with Crippen molar-refractivity contribution in [1.82, 2.24) is 0 Å². The Bertz CT molecular complexity index is 892. The topological polar surface area (TPSA) is 91.7 Å². The van der Waals surface area contributed by atoms with Crippen molar-refractivity contribution in [1.29, 1.82) is 0 Å². The summed E-state index contributed by atoms with van der Waals surface area (Å²) in [7, 11) is 0. The van der Waals surface area contributed by atoms with Crippen LogP contribution in [0.15, 0.2) is 23.8 Å². The van der Waals surface area contributed by atoms with Crippen LogP contribution in [0.5, 0.6) is 0 Å². The van der Waals surface area contributed by atoms with Gasteiger partial charge >= 0.3 is 5.97 Å². The zero-order valence-corrected chi connectivity index (χ0v) is 18.1. The maximum absolute atomic E-state index is 17.1. The van der Waals surface area contributed by atoms with E-state index in [1.165, 1.54) is 19.1 Å². The molecule has 164 valence electrons. The molecule has 0 aliphatic heterocycles. The molecule has 0 heterocycles. The first-order valence-corrected chi connectivity index (χ1v) is 10.9. The average Bonchev–Trinajstić information content (AvgIpc) is 2.85. The minimum absolute atomic E-state index is 0.0342. The van der Waals surface area contributed by atoms with E-state index in [0.717, 1.165) is 0 Å². The molecule has 3 saturated carbocycles. The number of carboxylic acid groups (broad SMARTS) is 1. The Morgan fingerprint density at radius 3 is 2.53 bits per heavy atom. The van der Waals surface area contributed by atoms with Gasteiger partial charge in [0.15, 0.2) is 11.5 Å². The summed E-state index contributed by atoms with van der Waals surface area (Å²) >= 11 is 0. The quantitative estimate of drug-likeness (QED) is 0.730. The van der Waals surface area contributed by atoms with Gasteiger partial charge < -0.3 is 10.2 Å². The molecule has 2 N–H and O–H groups in total. The molecule has 4 rings (SSSR count). The van der Waals surface area contributed by atoms with Crippen molar-refractivity contribution in [3.63, 3.8) is 0 Å². The fraction of sp³-hybridized carbons (Fsp3) is 0.708. The number of hydrogen-bond acceptors (Lipinski definition) is 4. The molecule has 0 spiro atoms. The van der Waals surface area contributed by atoms with E-state index in [0.29, 0.717) is 24.8 Å². The van der Waals surface area contributed by atoms with E-state index in [1.54, 1.807) is 13.0 Å². The molecule has 0 aromatic rings. The smallest absolute Gasteiger partial charge is 0.304 e. The number of allylic oxidation sites excluding steroid dienone is 4. The number of aliphatic hydroxyl groups is 1. The van der Waals surface area contributed by atoms with Crippen LogP contribution in [0, 0.1) is 34.0 Å². The summed E-state index contributed by atoms with van der Waals surface area (Å²) in [6.45, 7) is 6.99. The van der Waals surface area contributed by atoms with Gasteiger partial charge in [-0.1, -0.05) is 25.5 Å². The Kier molecular flexibility index (Phi) is 4.53. The van der Waals surface area contributed by atoms with Crippen LogP contribution < -0.4 is 0 Å². The number of carboxylic acids is 1. The summed E-state index contributed by atoms with van der Waals surface area (Å²) in [5.74, 6) is -2.33. The second-order valence-electron chi connectivity index (χ2n) is 10.5. The molecule has 8 atom stereocenters. The van der Waals surface area contributed by atoms with Gasteiger partial charge in [-0.05, 0) is 68.9 Å². The van der Waals surface area contributed by atoms with Gasteiger partial charge in [-0.25, -0.2) is 4.39 Å². The standard InChI is InChI=1S/C24H31FO5/c1-13-9-18-17-6-5-15-10-16(27)7-8-21(15,3)24(17,25)19(28)11-22(18,4)23(13,14(2)26)12-20(29)30/h7-8,10,13,17-19,28H,5-6,9,11-12H2,1-4H3,(H,29,30)/t13?,17-,18-,19?,21-,22-,23+,24-/m0/s1. The molecule has 4 aliphatic carbocycles. The van der Waals surface area contributed by atoms with Crippen molar-refractivity contribution in [2.24, 2.45) is 34.0 Å². The fourth-order valence-corrected chi connectivity index (χ4v) is 8.14. The molecule has 30 heavy (non-hydrogen) atoms. The minimum atomic E-state index is -1.96. The van der Waals surface area contributed by atoms with Crippen LogP contribution in [0.4, 0.5) is 4.39 Å². The van der Waals surface area contributed by atoms with Gasteiger partial charge in [-0.2, -0.15) is 0 Å². The van der Waals surface area contributed by atoms with Crippen molar-refractivity contribution in [2.75, 3.05) is 0 Å². The van der Waals surface area contributed by atoms with Crippen molar-refractivity contribution in [2.45, 2.75) is 71.6 Å².